The zero-order chi connectivity index (χ0) is 10.6. The molecule has 0 atom stereocenters. The van der Waals surface area contributed by atoms with E-state index < -0.39 is 0 Å². The summed E-state index contributed by atoms with van der Waals surface area (Å²) in [6, 6.07) is 2.15. The molecule has 19 heavy (non-hydrogen) atoms. The number of carbonyl (C=O) groups is 1. The smallest absolute Gasteiger partial charge is 0.0375 e. The molecule has 0 spiro atoms. The van der Waals surface area contributed by atoms with Crippen LogP contribution in [0.15, 0.2) is 6.07 Å². The summed E-state index contributed by atoms with van der Waals surface area (Å²) in [5.74, 6) is -0.240. The van der Waals surface area contributed by atoms with Gasteiger partial charge in [0.1, 0.15) is 0 Å². The summed E-state index contributed by atoms with van der Waals surface area (Å²) in [5.41, 5.74) is 3.54. The van der Waals surface area contributed by atoms with E-state index in [-0.39, 0.29) is 102 Å². The van der Waals surface area contributed by atoms with Crippen molar-refractivity contribution in [3.63, 3.8) is 0 Å². The van der Waals surface area contributed by atoms with E-state index in [4.69, 9.17) is 0 Å². The second-order valence-corrected chi connectivity index (χ2v) is 4.94. The zero-order valence-electron chi connectivity index (χ0n) is 10.0. The van der Waals surface area contributed by atoms with Gasteiger partial charge in [0.2, 0.25) is 0 Å². The Balaban J connectivity index is 0. The molecule has 1 aliphatic rings. The number of thiophene rings is 1. The summed E-state index contributed by atoms with van der Waals surface area (Å²) in [7, 11) is 0. The molecule has 3 nitrogen and oxygen atoms in total. The van der Waals surface area contributed by atoms with Crippen LogP contribution >= 0.6 is 11.3 Å². The van der Waals surface area contributed by atoms with Crippen LogP contribution in [0.1, 0.15) is 26.5 Å². The van der Waals surface area contributed by atoms with Crippen LogP contribution in [0.2, 0.25) is 0 Å². The molecule has 3 rings (SSSR count). The molecule has 0 aromatic carbocycles. The van der Waals surface area contributed by atoms with Crippen LogP contribution in [0.3, 0.4) is 0 Å². The molecule has 0 unspecified atom stereocenters. The summed E-state index contributed by atoms with van der Waals surface area (Å²) in [4.78, 5) is 13.6. The van der Waals surface area contributed by atoms with Gasteiger partial charge in [0.15, 0.2) is 0 Å². The average Bonchev–Trinajstić information content (AvgIpc) is 2.73. The normalized spacial score (nSPS) is 9.95. The van der Waals surface area contributed by atoms with Gasteiger partial charge in [-0.2, -0.15) is 6.92 Å². The van der Waals surface area contributed by atoms with Crippen molar-refractivity contribution in [2.24, 2.45) is 0 Å². The van der Waals surface area contributed by atoms with Crippen LogP contribution in [0.5, 0.6) is 0 Å². The van der Waals surface area contributed by atoms with Crippen LogP contribution in [-0.4, -0.2) is 10.9 Å². The van der Waals surface area contributed by atoms with Crippen molar-refractivity contribution < 1.29 is 101 Å². The van der Waals surface area contributed by atoms with Gasteiger partial charge in [-0.05, 0) is 25.0 Å². The maximum atomic E-state index is 11.2. The number of hydrogen-bond donors (Lipinski definition) is 0. The summed E-state index contributed by atoms with van der Waals surface area (Å²) < 4.78 is 0. The van der Waals surface area contributed by atoms with E-state index in [1.54, 1.807) is 11.3 Å². The van der Waals surface area contributed by atoms with E-state index >= 15 is 0 Å². The van der Waals surface area contributed by atoms with E-state index in [1.165, 1.54) is 15.3 Å². The van der Waals surface area contributed by atoms with Crippen LogP contribution in [0.25, 0.3) is 10.6 Å². The van der Waals surface area contributed by atoms with Crippen molar-refractivity contribution in [2.45, 2.75) is 13.3 Å². The Morgan fingerprint density at radius 2 is 2.05 bits per heavy atom. The minimum absolute atomic E-state index is 0. The number of carbonyl (C=O) groups excluding carboxylic acids is 1. The minimum atomic E-state index is -0.240. The molecule has 1 aliphatic carbocycles. The van der Waals surface area contributed by atoms with Gasteiger partial charge >= 0.3 is 0 Å². The summed E-state index contributed by atoms with van der Waals surface area (Å²) in [5, 5.41) is 7.96. The Morgan fingerprint density at radius 1 is 1.42 bits per heavy atom. The van der Waals surface area contributed by atoms with E-state index in [2.05, 4.69) is 30.1 Å². The first-order valence-corrected chi connectivity index (χ1v) is 5.46. The molecule has 1 radical (unpaired) electrons. The van der Waals surface area contributed by atoms with Crippen LogP contribution in [0, 0.1) is 13.8 Å². The summed E-state index contributed by atoms with van der Waals surface area (Å²) in [6.45, 7) is 5.46. The first-order valence-electron chi connectivity index (χ1n) is 4.65. The van der Waals surface area contributed by atoms with E-state index in [0.717, 1.165) is 17.7 Å². The molecule has 2 aromatic rings. The molecular formula is C11H8N2OSW3Y-2. The van der Waals surface area contributed by atoms with Gasteiger partial charge in [0.25, 0.3) is 0 Å². The van der Waals surface area contributed by atoms with Crippen LogP contribution < -0.4 is 5.10 Å². The molecule has 0 saturated carbocycles. The molecular weight excluding hydrogens is 849 g/mol. The maximum Gasteiger partial charge on any atom is 0.0375 e. The Hall–Kier alpha value is 1.62. The van der Waals surface area contributed by atoms with Crippen molar-refractivity contribution in [1.82, 2.24) is 10.2 Å². The molecule has 0 bridgehead atoms. The fourth-order valence-electron chi connectivity index (χ4n) is 2.00. The number of Topliss-reactive ketones (excluding diaryl/α,β-unsaturated/α-hetero) is 1. The Bertz CT molecular complexity index is 583. The number of ketones is 1. The van der Waals surface area contributed by atoms with Crippen LogP contribution in [-0.2, 0) is 102 Å². The molecule has 0 aliphatic heterocycles. The molecule has 2 heterocycles. The van der Waals surface area contributed by atoms with Gasteiger partial charge < -0.3 is 15.0 Å². The van der Waals surface area contributed by atoms with Gasteiger partial charge in [0, 0.05) is 111 Å². The second kappa shape index (κ2) is 8.92. The number of fused-ring (bicyclic) bond motifs is 3. The quantitative estimate of drug-likeness (QED) is 0.278. The number of aromatic nitrogens is 2. The Labute approximate surface area is 184 Å². The molecule has 0 amide bonds. The molecule has 97 valence electrons. The van der Waals surface area contributed by atoms with Gasteiger partial charge in [-0.25, -0.2) is 0 Å². The SMILES string of the molecule is [CH2-]C(=O)c1n[n-]c2c1Cc1cc(C)sc1-2.[W].[W].[W].[Y]. The summed E-state index contributed by atoms with van der Waals surface area (Å²) >= 11 is 1.71. The van der Waals surface area contributed by atoms with Crippen molar-refractivity contribution >= 4 is 17.1 Å². The third-order valence-electron chi connectivity index (χ3n) is 2.60. The predicted octanol–water partition coefficient (Wildman–Crippen LogP) is 1.99. The van der Waals surface area contributed by atoms with Crippen molar-refractivity contribution in [3.8, 4) is 10.6 Å². The second-order valence-electron chi connectivity index (χ2n) is 3.69. The number of nitrogens with zero attached hydrogens (tertiary/aromatic N) is 2. The Kier molecular flexibility index (Phi) is 10.7. The topological polar surface area (TPSA) is 44.1 Å². The number of rotatable bonds is 1. The largest absolute Gasteiger partial charge is 0.594 e. The first-order chi connectivity index (χ1) is 7.16. The minimum Gasteiger partial charge on any atom is -0.594 e. The van der Waals surface area contributed by atoms with E-state index in [1.807, 2.05) is 0 Å². The molecule has 8 heteroatoms. The molecule has 2 aromatic heterocycles. The first kappa shape index (κ1) is 22.9. The van der Waals surface area contributed by atoms with Gasteiger partial charge in [0.05, 0.1) is 0 Å². The van der Waals surface area contributed by atoms with Crippen molar-refractivity contribution in [3.05, 3.63) is 34.7 Å². The third-order valence-corrected chi connectivity index (χ3v) is 3.70. The Morgan fingerprint density at radius 3 is 2.63 bits per heavy atom. The third kappa shape index (κ3) is 4.08. The number of hydrogen-bond acceptors (Lipinski definition) is 3. The van der Waals surface area contributed by atoms with Crippen molar-refractivity contribution in [1.29, 1.82) is 0 Å². The van der Waals surface area contributed by atoms with Crippen LogP contribution in [0.4, 0.5) is 0 Å². The maximum absolute atomic E-state index is 11.2. The van der Waals surface area contributed by atoms with Gasteiger partial charge in [-0.3, -0.25) is 0 Å². The predicted molar refractivity (Wildman–Crippen MR) is 58.1 cm³/mol. The molecule has 0 N–H and O–H groups in total. The fraction of sp³-hybridized carbons (Fsp3) is 0.182. The summed E-state index contributed by atoms with van der Waals surface area (Å²) in [6.07, 6.45) is 0.776. The molecule has 0 fully saturated rings. The van der Waals surface area contributed by atoms with E-state index in [0.29, 0.717) is 5.69 Å². The fourth-order valence-corrected chi connectivity index (χ4v) is 3.04. The van der Waals surface area contributed by atoms with E-state index in [9.17, 15) is 4.79 Å². The average molecular weight is 857 g/mol. The van der Waals surface area contributed by atoms with Crippen molar-refractivity contribution in [2.75, 3.05) is 0 Å². The van der Waals surface area contributed by atoms with Gasteiger partial charge in [-0.15, -0.1) is 22.6 Å². The molecule has 0 saturated heterocycles. The monoisotopic (exact) mass is 857 g/mol. The standard InChI is InChI=1S/C11H9N2OS.3W.Y/c1-5-3-7-4-8-9(6(2)14)12-13-10(8)11(7)15-5;;;;/h3H,2,4H2,1H3,(H,12,13,14);;;;/q-1;;;;/p-1. The number of aryl methyl sites for hydroxylation is 1. The zero-order valence-corrected chi connectivity index (χ0v) is 22.5. The van der Waals surface area contributed by atoms with Gasteiger partial charge in [-0.1, -0.05) is 5.69 Å².